The standard InChI is InChI=1S/C19H22F3NO2S/c1-13-16(12-25-15-8-6-14(24-2)7-9-15)26-17(23-13)18(19(20,21)22)10-4-3-5-11-18/h6-9H,3-5,10-12H2,1-2H3. The summed E-state index contributed by atoms with van der Waals surface area (Å²) in [5.41, 5.74) is -1.17. The second-order valence-electron chi connectivity index (χ2n) is 6.63. The van der Waals surface area contributed by atoms with Gasteiger partial charge in [0.1, 0.15) is 28.5 Å². The lowest BCUT2D eigenvalue weighted by Crippen LogP contribution is -2.43. The van der Waals surface area contributed by atoms with E-state index in [0.29, 0.717) is 24.3 Å². The Hall–Kier alpha value is -1.76. The molecule has 0 unspecified atom stereocenters. The van der Waals surface area contributed by atoms with Crippen LogP contribution < -0.4 is 9.47 Å². The molecular weight excluding hydrogens is 363 g/mol. The van der Waals surface area contributed by atoms with Crippen molar-refractivity contribution < 1.29 is 22.6 Å². The Morgan fingerprint density at radius 2 is 1.69 bits per heavy atom. The fraction of sp³-hybridized carbons (Fsp3) is 0.526. The van der Waals surface area contributed by atoms with Gasteiger partial charge in [0.05, 0.1) is 17.7 Å². The van der Waals surface area contributed by atoms with E-state index >= 15 is 0 Å². The lowest BCUT2D eigenvalue weighted by atomic mass is 9.74. The van der Waals surface area contributed by atoms with Gasteiger partial charge in [0.25, 0.3) is 0 Å². The predicted molar refractivity (Wildman–Crippen MR) is 95.0 cm³/mol. The average Bonchev–Trinajstić information content (AvgIpc) is 3.01. The van der Waals surface area contributed by atoms with Crippen LogP contribution in [0, 0.1) is 6.92 Å². The molecule has 0 bridgehead atoms. The summed E-state index contributed by atoms with van der Waals surface area (Å²) in [5.74, 6) is 1.36. The normalized spacial score (nSPS) is 17.1. The quantitative estimate of drug-likeness (QED) is 0.651. The van der Waals surface area contributed by atoms with Crippen molar-refractivity contribution in [3.05, 3.63) is 39.8 Å². The molecule has 1 aliphatic rings. The van der Waals surface area contributed by atoms with Crippen molar-refractivity contribution in [1.82, 2.24) is 4.98 Å². The monoisotopic (exact) mass is 385 g/mol. The minimum absolute atomic E-state index is 0.127. The Morgan fingerprint density at radius 3 is 2.27 bits per heavy atom. The Labute approximate surface area is 155 Å². The Balaban J connectivity index is 1.79. The zero-order valence-electron chi connectivity index (χ0n) is 14.9. The van der Waals surface area contributed by atoms with Crippen LogP contribution >= 0.6 is 11.3 Å². The van der Waals surface area contributed by atoms with Crippen molar-refractivity contribution in [2.24, 2.45) is 0 Å². The maximum Gasteiger partial charge on any atom is 0.400 e. The first kappa shape index (κ1) is 19.0. The van der Waals surface area contributed by atoms with Crippen LogP contribution in [0.15, 0.2) is 24.3 Å². The number of aromatic nitrogens is 1. The van der Waals surface area contributed by atoms with E-state index in [1.807, 2.05) is 0 Å². The van der Waals surface area contributed by atoms with E-state index in [1.54, 1.807) is 38.3 Å². The van der Waals surface area contributed by atoms with Crippen molar-refractivity contribution in [2.45, 2.75) is 57.2 Å². The molecule has 2 aromatic rings. The molecule has 0 saturated heterocycles. The van der Waals surface area contributed by atoms with Gasteiger partial charge in [-0.1, -0.05) is 19.3 Å². The van der Waals surface area contributed by atoms with Crippen molar-refractivity contribution >= 4 is 11.3 Å². The Bertz CT molecular complexity index is 734. The van der Waals surface area contributed by atoms with E-state index in [0.717, 1.165) is 28.4 Å². The highest BCUT2D eigenvalue weighted by molar-refractivity contribution is 7.11. The number of nitrogens with zero attached hydrogens (tertiary/aromatic N) is 1. The molecule has 3 rings (SSSR count). The summed E-state index contributed by atoms with van der Waals surface area (Å²) in [4.78, 5) is 5.05. The SMILES string of the molecule is COc1ccc(OCc2sc(C3(C(F)(F)F)CCCCC3)nc2C)cc1. The number of halogens is 3. The van der Waals surface area contributed by atoms with Crippen LogP contribution in [0.25, 0.3) is 0 Å². The van der Waals surface area contributed by atoms with Crippen molar-refractivity contribution in [2.75, 3.05) is 7.11 Å². The molecule has 0 radical (unpaired) electrons. The number of rotatable bonds is 5. The third kappa shape index (κ3) is 3.68. The van der Waals surface area contributed by atoms with E-state index in [9.17, 15) is 13.2 Å². The van der Waals surface area contributed by atoms with E-state index < -0.39 is 11.6 Å². The number of thiazole rings is 1. The highest BCUT2D eigenvalue weighted by Crippen LogP contribution is 2.52. The fourth-order valence-electron chi connectivity index (χ4n) is 3.36. The number of benzene rings is 1. The fourth-order valence-corrected chi connectivity index (χ4v) is 4.60. The molecule has 26 heavy (non-hydrogen) atoms. The minimum atomic E-state index is -4.27. The molecule has 1 aliphatic carbocycles. The minimum Gasteiger partial charge on any atom is -0.497 e. The van der Waals surface area contributed by atoms with Crippen LogP contribution in [0.3, 0.4) is 0 Å². The van der Waals surface area contributed by atoms with Gasteiger partial charge in [-0.05, 0) is 44.0 Å². The topological polar surface area (TPSA) is 31.4 Å². The number of alkyl halides is 3. The van der Waals surface area contributed by atoms with Crippen LogP contribution in [-0.2, 0) is 12.0 Å². The first-order valence-corrected chi connectivity index (χ1v) is 9.48. The molecule has 1 heterocycles. The lowest BCUT2D eigenvalue weighted by Gasteiger charge is -2.37. The Kier molecular flexibility index (Phi) is 5.46. The molecule has 1 aromatic carbocycles. The largest absolute Gasteiger partial charge is 0.497 e. The first-order chi connectivity index (χ1) is 12.4. The van der Waals surface area contributed by atoms with Crippen LogP contribution in [-0.4, -0.2) is 18.3 Å². The third-order valence-electron chi connectivity index (χ3n) is 4.98. The van der Waals surface area contributed by atoms with Gasteiger partial charge in [-0.2, -0.15) is 13.2 Å². The van der Waals surface area contributed by atoms with Gasteiger partial charge in [0.2, 0.25) is 0 Å². The molecule has 1 fully saturated rings. The maximum atomic E-state index is 13.9. The van der Waals surface area contributed by atoms with Gasteiger partial charge in [-0.3, -0.25) is 0 Å². The lowest BCUT2D eigenvalue weighted by molar-refractivity contribution is -0.199. The Morgan fingerprint density at radius 1 is 1.08 bits per heavy atom. The number of hydrogen-bond acceptors (Lipinski definition) is 4. The maximum absolute atomic E-state index is 13.9. The van der Waals surface area contributed by atoms with E-state index in [4.69, 9.17) is 9.47 Å². The highest BCUT2D eigenvalue weighted by Gasteiger charge is 2.57. The zero-order chi connectivity index (χ0) is 18.8. The van der Waals surface area contributed by atoms with Crippen LogP contribution in [0.2, 0.25) is 0 Å². The summed E-state index contributed by atoms with van der Waals surface area (Å²) in [6.45, 7) is 1.96. The molecule has 0 aliphatic heterocycles. The third-order valence-corrected chi connectivity index (χ3v) is 6.32. The van der Waals surface area contributed by atoms with Gasteiger partial charge in [-0.25, -0.2) is 4.98 Å². The van der Waals surface area contributed by atoms with Crippen molar-refractivity contribution in [3.63, 3.8) is 0 Å². The van der Waals surface area contributed by atoms with Gasteiger partial charge >= 0.3 is 6.18 Å². The molecular formula is C19H22F3NO2S. The number of ether oxygens (including phenoxy) is 2. The van der Waals surface area contributed by atoms with Crippen molar-refractivity contribution in [1.29, 1.82) is 0 Å². The molecule has 0 N–H and O–H groups in total. The van der Waals surface area contributed by atoms with Crippen LogP contribution in [0.1, 0.15) is 47.7 Å². The second kappa shape index (κ2) is 7.47. The molecule has 1 aromatic heterocycles. The highest BCUT2D eigenvalue weighted by atomic mass is 32.1. The summed E-state index contributed by atoms with van der Waals surface area (Å²) in [5, 5.41) is 0.190. The number of methoxy groups -OCH3 is 1. The summed E-state index contributed by atoms with van der Waals surface area (Å²) in [6, 6.07) is 7.10. The summed E-state index contributed by atoms with van der Waals surface area (Å²) < 4.78 is 52.4. The molecule has 7 heteroatoms. The zero-order valence-corrected chi connectivity index (χ0v) is 15.7. The first-order valence-electron chi connectivity index (χ1n) is 8.66. The number of aryl methyl sites for hydroxylation is 1. The molecule has 1 saturated carbocycles. The van der Waals surface area contributed by atoms with E-state index in [2.05, 4.69) is 4.98 Å². The van der Waals surface area contributed by atoms with Gasteiger partial charge in [0.15, 0.2) is 0 Å². The van der Waals surface area contributed by atoms with Crippen LogP contribution in [0.5, 0.6) is 11.5 Å². The smallest absolute Gasteiger partial charge is 0.400 e. The molecule has 3 nitrogen and oxygen atoms in total. The van der Waals surface area contributed by atoms with Gasteiger partial charge in [0, 0.05) is 0 Å². The van der Waals surface area contributed by atoms with E-state index in [1.165, 1.54) is 0 Å². The molecule has 0 atom stereocenters. The molecule has 0 amide bonds. The molecule has 142 valence electrons. The summed E-state index contributed by atoms with van der Waals surface area (Å²) >= 11 is 1.14. The van der Waals surface area contributed by atoms with Gasteiger partial charge < -0.3 is 9.47 Å². The van der Waals surface area contributed by atoms with Gasteiger partial charge in [-0.15, -0.1) is 11.3 Å². The summed E-state index contributed by atoms with van der Waals surface area (Å²) in [7, 11) is 1.58. The van der Waals surface area contributed by atoms with Crippen molar-refractivity contribution in [3.8, 4) is 11.5 Å². The number of hydrogen-bond donors (Lipinski definition) is 0. The second-order valence-corrected chi connectivity index (χ2v) is 7.72. The van der Waals surface area contributed by atoms with E-state index in [-0.39, 0.29) is 24.5 Å². The summed E-state index contributed by atoms with van der Waals surface area (Å²) in [6.07, 6.45) is -1.97. The predicted octanol–water partition coefficient (Wildman–Crippen LogP) is 5.80. The van der Waals surface area contributed by atoms with Crippen LogP contribution in [0.4, 0.5) is 13.2 Å². The average molecular weight is 385 g/mol. The molecule has 0 spiro atoms.